The number of hydrogen-bond acceptors (Lipinski definition) is 10. The van der Waals surface area contributed by atoms with Crippen molar-refractivity contribution in [2.75, 3.05) is 27.9 Å². The number of hydrogen-bond donors (Lipinski definition) is 0. The number of rotatable bonds is 11. The number of methoxy groups -OCH3 is 2. The van der Waals surface area contributed by atoms with Crippen LogP contribution in [0.4, 0.5) is 4.79 Å². The number of carbonyl (C=O) groups is 1. The lowest BCUT2D eigenvalue weighted by Crippen LogP contribution is -2.59. The summed E-state index contributed by atoms with van der Waals surface area (Å²) in [6.07, 6.45) is -1.95. The molecule has 5 atom stereocenters. The molecule has 12 heteroatoms. The largest absolute Gasteiger partial charge is 0.497 e. The van der Waals surface area contributed by atoms with E-state index in [4.69, 9.17) is 37.8 Å². The molecule has 2 aliphatic rings. The van der Waals surface area contributed by atoms with Gasteiger partial charge in [-0.25, -0.2) is 4.79 Å². The summed E-state index contributed by atoms with van der Waals surface area (Å²) < 4.78 is 43.2. The molecule has 2 aliphatic heterocycles. The minimum Gasteiger partial charge on any atom is -0.497 e. The number of aliphatic imine (C=N–C) groups is 1. The first kappa shape index (κ1) is 37.2. The molecule has 2 aromatic carbocycles. The highest BCUT2D eigenvalue weighted by molar-refractivity contribution is 8.14. The molecule has 0 spiro atoms. The molecule has 10 nitrogen and oxygen atoms in total. The maximum absolute atomic E-state index is 13.0. The van der Waals surface area contributed by atoms with Crippen molar-refractivity contribution < 1.29 is 37.6 Å². The molecule has 1 saturated heterocycles. The van der Waals surface area contributed by atoms with Crippen molar-refractivity contribution in [3.63, 3.8) is 0 Å². The predicted octanol–water partition coefficient (Wildman–Crippen LogP) is 7.26. The van der Waals surface area contributed by atoms with Crippen LogP contribution in [0.2, 0.25) is 18.1 Å². The number of amides is 1. The fourth-order valence-corrected chi connectivity index (χ4v) is 7.01. The Hall–Kier alpha value is -2.61. The number of thioether (sulfide) groups is 1. The van der Waals surface area contributed by atoms with Crippen LogP contribution in [0.25, 0.3) is 0 Å². The Kier molecular flexibility index (Phi) is 12.1. The lowest BCUT2D eigenvalue weighted by atomic mass is 9.97. The molecule has 0 bridgehead atoms. The first-order valence-electron chi connectivity index (χ1n) is 16.0. The zero-order valence-corrected chi connectivity index (χ0v) is 31.5. The fourth-order valence-electron chi connectivity index (χ4n) is 4.82. The quantitative estimate of drug-likeness (QED) is 0.226. The molecular formula is C35H52N2O8SSi. The van der Waals surface area contributed by atoms with Crippen molar-refractivity contribution in [1.82, 2.24) is 4.90 Å². The average Bonchev–Trinajstić information content (AvgIpc) is 3.44. The smallest absolute Gasteiger partial charge is 0.416 e. The van der Waals surface area contributed by atoms with E-state index in [9.17, 15) is 4.79 Å². The van der Waals surface area contributed by atoms with E-state index >= 15 is 0 Å². The molecule has 0 radical (unpaired) electrons. The van der Waals surface area contributed by atoms with E-state index in [1.807, 2.05) is 69.3 Å². The van der Waals surface area contributed by atoms with E-state index in [0.717, 1.165) is 22.6 Å². The predicted molar refractivity (Wildman–Crippen MR) is 188 cm³/mol. The Bertz CT molecular complexity index is 1360. The van der Waals surface area contributed by atoms with E-state index in [1.165, 1.54) is 16.7 Å². The number of carbonyl (C=O) groups excluding carboxylic acids is 1. The third-order valence-electron chi connectivity index (χ3n) is 8.67. The van der Waals surface area contributed by atoms with Crippen LogP contribution in [-0.4, -0.2) is 87.7 Å². The lowest BCUT2D eigenvalue weighted by Gasteiger charge is -2.44. The third kappa shape index (κ3) is 9.73. The van der Waals surface area contributed by atoms with Crippen molar-refractivity contribution in [2.45, 2.75) is 108 Å². The summed E-state index contributed by atoms with van der Waals surface area (Å²) in [5.41, 5.74) is 0.914. The van der Waals surface area contributed by atoms with Crippen LogP contribution in [0.3, 0.4) is 0 Å². The van der Waals surface area contributed by atoms with Crippen molar-refractivity contribution in [3.05, 3.63) is 59.7 Å². The van der Waals surface area contributed by atoms with Crippen molar-refractivity contribution in [2.24, 2.45) is 4.99 Å². The van der Waals surface area contributed by atoms with Gasteiger partial charge in [0, 0.05) is 7.05 Å². The lowest BCUT2D eigenvalue weighted by molar-refractivity contribution is -0.204. The van der Waals surface area contributed by atoms with Crippen molar-refractivity contribution in [3.8, 4) is 11.5 Å². The van der Waals surface area contributed by atoms with Gasteiger partial charge in [-0.05, 0) is 74.3 Å². The highest BCUT2D eigenvalue weighted by atomic mass is 32.2. The van der Waals surface area contributed by atoms with Gasteiger partial charge in [-0.1, -0.05) is 56.8 Å². The molecule has 1 amide bonds. The zero-order chi connectivity index (χ0) is 34.6. The molecule has 0 aliphatic carbocycles. The van der Waals surface area contributed by atoms with Crippen molar-refractivity contribution in [1.29, 1.82) is 0 Å². The highest BCUT2D eigenvalue weighted by Gasteiger charge is 2.52. The Morgan fingerprint density at radius 3 is 1.85 bits per heavy atom. The molecule has 0 saturated carbocycles. The molecule has 2 aromatic rings. The summed E-state index contributed by atoms with van der Waals surface area (Å²) in [4.78, 5) is 19.5. The Morgan fingerprint density at radius 1 is 0.872 bits per heavy atom. The summed E-state index contributed by atoms with van der Waals surface area (Å²) in [5.74, 6) is 1.55. The van der Waals surface area contributed by atoms with Crippen LogP contribution in [0, 0.1) is 0 Å². The third-order valence-corrected chi connectivity index (χ3v) is 14.4. The van der Waals surface area contributed by atoms with E-state index in [-0.39, 0.29) is 5.04 Å². The van der Waals surface area contributed by atoms with E-state index < -0.39 is 49.8 Å². The minimum absolute atomic E-state index is 0.0163. The topological polar surface area (TPSA) is 97.3 Å². The van der Waals surface area contributed by atoms with Crippen molar-refractivity contribution >= 4 is 31.3 Å². The molecule has 2 unspecified atom stereocenters. The summed E-state index contributed by atoms with van der Waals surface area (Å²) in [7, 11) is 2.83. The van der Waals surface area contributed by atoms with Gasteiger partial charge in [-0.2, -0.15) is 0 Å². The van der Waals surface area contributed by atoms with Gasteiger partial charge < -0.3 is 32.8 Å². The number of benzene rings is 2. The fraction of sp³-hybridized carbons (Fsp3) is 0.600. The summed E-state index contributed by atoms with van der Waals surface area (Å²) in [6.45, 7) is 17.6. The van der Waals surface area contributed by atoms with Crippen LogP contribution in [0.15, 0.2) is 53.5 Å². The first-order valence-corrected chi connectivity index (χ1v) is 19.8. The van der Waals surface area contributed by atoms with E-state index in [0.29, 0.717) is 25.0 Å². The van der Waals surface area contributed by atoms with Gasteiger partial charge in [0.1, 0.15) is 46.9 Å². The van der Waals surface area contributed by atoms with Gasteiger partial charge in [-0.15, -0.1) is 0 Å². The summed E-state index contributed by atoms with van der Waals surface area (Å²) in [5, 5.41) is 0.523. The van der Waals surface area contributed by atoms with Gasteiger partial charge >= 0.3 is 6.09 Å². The van der Waals surface area contributed by atoms with E-state index in [1.54, 1.807) is 21.3 Å². The normalized spacial score (nSPS) is 23.1. The second-order valence-electron chi connectivity index (χ2n) is 14.4. The van der Waals surface area contributed by atoms with Crippen LogP contribution in [0.1, 0.15) is 52.7 Å². The molecule has 47 heavy (non-hydrogen) atoms. The highest BCUT2D eigenvalue weighted by Crippen LogP contribution is 2.42. The van der Waals surface area contributed by atoms with Gasteiger partial charge in [0.05, 0.1) is 34.0 Å². The average molecular weight is 689 g/mol. The maximum Gasteiger partial charge on any atom is 0.416 e. The molecular weight excluding hydrogens is 637 g/mol. The van der Waals surface area contributed by atoms with Gasteiger partial charge in [0.25, 0.3) is 0 Å². The van der Waals surface area contributed by atoms with Crippen LogP contribution < -0.4 is 9.47 Å². The van der Waals surface area contributed by atoms with Crippen LogP contribution in [0.5, 0.6) is 11.5 Å². The molecule has 1 fully saturated rings. The summed E-state index contributed by atoms with van der Waals surface area (Å²) in [6, 6.07) is 15.1. The van der Waals surface area contributed by atoms with Gasteiger partial charge in [-0.3, -0.25) is 9.89 Å². The van der Waals surface area contributed by atoms with Crippen LogP contribution in [-0.2, 0) is 36.6 Å². The SMILES string of the molecule is COc1ccc(COC2C(OCc3ccc(OC)cc3)[C@@H](CO[Si](C)(C)C(C)(C)C)O[C@@H]3SC(N(C)C(=O)OC(C)(C)C)=N[C@H]23)cc1. The van der Waals surface area contributed by atoms with E-state index in [2.05, 4.69) is 33.9 Å². The minimum atomic E-state index is -2.13. The van der Waals surface area contributed by atoms with Gasteiger partial charge in [0.2, 0.25) is 0 Å². The Labute approximate surface area is 285 Å². The number of nitrogens with zero attached hydrogens (tertiary/aromatic N) is 2. The molecule has 2 heterocycles. The summed E-state index contributed by atoms with van der Waals surface area (Å²) >= 11 is 1.39. The van der Waals surface area contributed by atoms with Crippen LogP contribution >= 0.6 is 11.8 Å². The standard InChI is InChI=1S/C35H52N2O8SSi/c1-34(2,3)45-33(38)37(7)32-36-28-30(42-21-24-14-18-26(40-9)19-15-24)29(41-20-23-12-16-25(39-8)17-13-23)27(44-31(28)46-32)22-43-47(10,11)35(4,5)6/h12-19,27-31H,20-22H2,1-11H3/t27-,28-,29?,30?,31-/m1/s1. The number of fused-ring (bicyclic) bond motifs is 1. The molecule has 0 N–H and O–H groups in total. The molecule has 4 rings (SSSR count). The first-order chi connectivity index (χ1) is 22.0. The maximum atomic E-state index is 13.0. The number of ether oxygens (including phenoxy) is 6. The zero-order valence-electron chi connectivity index (χ0n) is 29.7. The monoisotopic (exact) mass is 688 g/mol. The number of amidine groups is 1. The Morgan fingerprint density at radius 2 is 1.38 bits per heavy atom. The second kappa shape index (κ2) is 15.3. The molecule has 0 aromatic heterocycles. The van der Waals surface area contributed by atoms with Gasteiger partial charge in [0.15, 0.2) is 13.5 Å². The molecule has 260 valence electrons. The Balaban J connectivity index is 1.66. The second-order valence-corrected chi connectivity index (χ2v) is 20.3.